The molecule has 0 aromatic heterocycles. The van der Waals surface area contributed by atoms with Crippen molar-refractivity contribution in [2.45, 2.75) is 78.8 Å². The molecule has 122 valence electrons. The third-order valence-corrected chi connectivity index (χ3v) is 7.49. The summed E-state index contributed by atoms with van der Waals surface area (Å²) in [5.74, 6) is 1.83. The molecule has 3 aliphatic rings. The minimum absolute atomic E-state index is 0.491. The molecule has 0 spiro atoms. The fourth-order valence-corrected chi connectivity index (χ4v) is 5.89. The third kappa shape index (κ3) is 2.67. The highest BCUT2D eigenvalue weighted by Crippen LogP contribution is 2.62. The summed E-state index contributed by atoms with van der Waals surface area (Å²) in [6, 6.07) is 1.41. The SMILES string of the molecule is CCN1CCC(C(C)NC2C3(C)CCC(C3)C2(C)C)CC1. The number of hydrogen-bond donors (Lipinski definition) is 1. The summed E-state index contributed by atoms with van der Waals surface area (Å²) in [5, 5.41) is 4.13. The quantitative estimate of drug-likeness (QED) is 0.845. The monoisotopic (exact) mass is 292 g/mol. The lowest BCUT2D eigenvalue weighted by Crippen LogP contribution is -2.55. The molecule has 2 aliphatic carbocycles. The Labute approximate surface area is 132 Å². The first-order chi connectivity index (χ1) is 9.87. The Hall–Kier alpha value is -0.0800. The van der Waals surface area contributed by atoms with Crippen LogP contribution in [0.3, 0.4) is 0 Å². The van der Waals surface area contributed by atoms with Gasteiger partial charge in [0.25, 0.3) is 0 Å². The fraction of sp³-hybridized carbons (Fsp3) is 1.00. The van der Waals surface area contributed by atoms with Crippen LogP contribution >= 0.6 is 0 Å². The Balaban J connectivity index is 1.61. The largest absolute Gasteiger partial charge is 0.310 e. The molecular formula is C19H36N2. The van der Waals surface area contributed by atoms with E-state index in [9.17, 15) is 0 Å². The molecule has 2 bridgehead atoms. The topological polar surface area (TPSA) is 15.3 Å². The lowest BCUT2D eigenvalue weighted by atomic mass is 9.68. The molecule has 2 heteroatoms. The second-order valence-electron chi connectivity index (χ2n) is 9.08. The highest BCUT2D eigenvalue weighted by atomic mass is 15.1. The molecule has 2 nitrogen and oxygen atoms in total. The third-order valence-electron chi connectivity index (χ3n) is 7.49. The van der Waals surface area contributed by atoms with Crippen molar-refractivity contribution in [1.82, 2.24) is 10.2 Å². The number of nitrogens with one attached hydrogen (secondary N) is 1. The number of likely N-dealkylation sites (tertiary alicyclic amines) is 1. The van der Waals surface area contributed by atoms with Gasteiger partial charge >= 0.3 is 0 Å². The maximum absolute atomic E-state index is 4.13. The molecule has 1 N–H and O–H groups in total. The van der Waals surface area contributed by atoms with Crippen molar-refractivity contribution in [2.24, 2.45) is 22.7 Å². The second kappa shape index (κ2) is 5.53. The smallest absolute Gasteiger partial charge is 0.0177 e. The maximum Gasteiger partial charge on any atom is 0.0177 e. The molecule has 0 aromatic carbocycles. The van der Waals surface area contributed by atoms with Crippen molar-refractivity contribution < 1.29 is 0 Å². The van der Waals surface area contributed by atoms with E-state index in [1.165, 1.54) is 51.7 Å². The zero-order valence-corrected chi connectivity index (χ0v) is 14.9. The minimum atomic E-state index is 0.491. The Bertz CT molecular complexity index is 365. The van der Waals surface area contributed by atoms with E-state index in [2.05, 4.69) is 44.8 Å². The van der Waals surface area contributed by atoms with E-state index >= 15 is 0 Å². The van der Waals surface area contributed by atoms with E-state index < -0.39 is 0 Å². The van der Waals surface area contributed by atoms with E-state index in [1.807, 2.05) is 0 Å². The summed E-state index contributed by atoms with van der Waals surface area (Å²) < 4.78 is 0. The van der Waals surface area contributed by atoms with Crippen LogP contribution < -0.4 is 5.32 Å². The molecule has 1 aliphatic heterocycles. The summed E-state index contributed by atoms with van der Waals surface area (Å²) in [7, 11) is 0. The van der Waals surface area contributed by atoms with Gasteiger partial charge in [0.15, 0.2) is 0 Å². The molecule has 1 heterocycles. The molecule has 0 amide bonds. The van der Waals surface area contributed by atoms with E-state index in [0.717, 1.165) is 17.9 Å². The number of nitrogens with zero attached hydrogens (tertiary/aromatic N) is 1. The van der Waals surface area contributed by atoms with Gasteiger partial charge in [0.05, 0.1) is 0 Å². The van der Waals surface area contributed by atoms with Gasteiger partial charge in [-0.15, -0.1) is 0 Å². The van der Waals surface area contributed by atoms with E-state index in [4.69, 9.17) is 0 Å². The summed E-state index contributed by atoms with van der Waals surface area (Å²) >= 11 is 0. The molecule has 3 fully saturated rings. The van der Waals surface area contributed by atoms with Gasteiger partial charge in [0.1, 0.15) is 0 Å². The average Bonchev–Trinajstić information content (AvgIpc) is 2.94. The van der Waals surface area contributed by atoms with Crippen molar-refractivity contribution >= 4 is 0 Å². The van der Waals surface area contributed by atoms with Crippen molar-refractivity contribution in [2.75, 3.05) is 19.6 Å². The Morgan fingerprint density at radius 1 is 1.14 bits per heavy atom. The van der Waals surface area contributed by atoms with Crippen LogP contribution in [-0.2, 0) is 0 Å². The van der Waals surface area contributed by atoms with Gasteiger partial charge in [-0.05, 0) is 81.3 Å². The maximum atomic E-state index is 4.13. The van der Waals surface area contributed by atoms with Crippen molar-refractivity contribution in [3.8, 4) is 0 Å². The summed E-state index contributed by atoms with van der Waals surface area (Å²) in [4.78, 5) is 2.60. The molecule has 0 aromatic rings. The van der Waals surface area contributed by atoms with Crippen LogP contribution in [-0.4, -0.2) is 36.6 Å². The summed E-state index contributed by atoms with van der Waals surface area (Å²) in [6.45, 7) is 16.2. The van der Waals surface area contributed by atoms with Gasteiger partial charge in [-0.3, -0.25) is 0 Å². The standard InChI is InChI=1S/C19H36N2/c1-6-21-11-8-15(9-12-21)14(2)20-17-18(3,4)16-7-10-19(17,5)13-16/h14-17,20H,6-13H2,1-5H3. The van der Waals surface area contributed by atoms with Crippen LogP contribution in [0.25, 0.3) is 0 Å². The highest BCUT2D eigenvalue weighted by Gasteiger charge is 2.59. The lowest BCUT2D eigenvalue weighted by Gasteiger charge is -2.46. The Morgan fingerprint density at radius 3 is 2.33 bits per heavy atom. The fourth-order valence-electron chi connectivity index (χ4n) is 5.89. The number of rotatable bonds is 4. The van der Waals surface area contributed by atoms with Crippen LogP contribution in [0.1, 0.15) is 66.7 Å². The second-order valence-corrected chi connectivity index (χ2v) is 9.08. The Kier molecular flexibility index (Phi) is 4.16. The Morgan fingerprint density at radius 2 is 1.81 bits per heavy atom. The van der Waals surface area contributed by atoms with Crippen molar-refractivity contribution in [3.63, 3.8) is 0 Å². The number of piperidine rings is 1. The highest BCUT2D eigenvalue weighted by molar-refractivity contribution is 5.12. The van der Waals surface area contributed by atoms with Gasteiger partial charge in [-0.1, -0.05) is 27.7 Å². The van der Waals surface area contributed by atoms with Crippen LogP contribution in [0.4, 0.5) is 0 Å². The first-order valence-corrected chi connectivity index (χ1v) is 9.35. The van der Waals surface area contributed by atoms with Gasteiger partial charge in [-0.25, -0.2) is 0 Å². The zero-order chi connectivity index (χ0) is 15.3. The van der Waals surface area contributed by atoms with Crippen LogP contribution in [0.15, 0.2) is 0 Å². The summed E-state index contributed by atoms with van der Waals surface area (Å²) in [6.07, 6.45) is 7.13. The molecule has 2 saturated carbocycles. The lowest BCUT2D eigenvalue weighted by molar-refractivity contribution is 0.0807. The summed E-state index contributed by atoms with van der Waals surface area (Å²) in [5.41, 5.74) is 1.05. The minimum Gasteiger partial charge on any atom is -0.310 e. The molecule has 1 saturated heterocycles. The van der Waals surface area contributed by atoms with Crippen LogP contribution in [0.5, 0.6) is 0 Å². The van der Waals surface area contributed by atoms with Gasteiger partial charge in [-0.2, -0.15) is 0 Å². The normalized spacial score (nSPS) is 41.6. The first-order valence-electron chi connectivity index (χ1n) is 9.35. The molecular weight excluding hydrogens is 256 g/mol. The van der Waals surface area contributed by atoms with E-state index in [-0.39, 0.29) is 0 Å². The predicted molar refractivity (Wildman–Crippen MR) is 90.5 cm³/mol. The molecule has 4 atom stereocenters. The van der Waals surface area contributed by atoms with Gasteiger partial charge in [0, 0.05) is 12.1 Å². The van der Waals surface area contributed by atoms with Gasteiger partial charge in [0.2, 0.25) is 0 Å². The number of fused-ring (bicyclic) bond motifs is 2. The van der Waals surface area contributed by atoms with Crippen molar-refractivity contribution in [1.29, 1.82) is 0 Å². The van der Waals surface area contributed by atoms with Gasteiger partial charge < -0.3 is 10.2 Å². The molecule has 4 unspecified atom stereocenters. The van der Waals surface area contributed by atoms with E-state index in [1.54, 1.807) is 0 Å². The molecule has 21 heavy (non-hydrogen) atoms. The average molecular weight is 293 g/mol. The first kappa shape index (κ1) is 15.8. The predicted octanol–water partition coefficient (Wildman–Crippen LogP) is 3.91. The van der Waals surface area contributed by atoms with Crippen LogP contribution in [0, 0.1) is 22.7 Å². The zero-order valence-electron chi connectivity index (χ0n) is 14.9. The van der Waals surface area contributed by atoms with Crippen LogP contribution in [0.2, 0.25) is 0 Å². The molecule has 0 radical (unpaired) electrons. The number of hydrogen-bond acceptors (Lipinski definition) is 2. The molecule has 3 rings (SSSR count). The van der Waals surface area contributed by atoms with Crippen molar-refractivity contribution in [3.05, 3.63) is 0 Å². The van der Waals surface area contributed by atoms with E-state index in [0.29, 0.717) is 16.9 Å².